The molecule has 0 aliphatic carbocycles. The van der Waals surface area contributed by atoms with E-state index in [0.717, 1.165) is 17.7 Å². The van der Waals surface area contributed by atoms with Gasteiger partial charge in [0, 0.05) is 6.04 Å². The molecule has 2 nitrogen and oxygen atoms in total. The van der Waals surface area contributed by atoms with E-state index in [1.165, 1.54) is 0 Å². The lowest BCUT2D eigenvalue weighted by atomic mass is 10.1. The van der Waals surface area contributed by atoms with E-state index in [-0.39, 0.29) is 18.4 Å². The van der Waals surface area contributed by atoms with Gasteiger partial charge in [0.25, 0.3) is 0 Å². The average molecular weight is 214 g/mol. The molecule has 0 aliphatic rings. The molecule has 0 spiro atoms. The average Bonchev–Trinajstić information content (AvgIpc) is 2.18. The van der Waals surface area contributed by atoms with E-state index >= 15 is 0 Å². The number of methoxy groups -OCH3 is 1. The van der Waals surface area contributed by atoms with Crippen molar-refractivity contribution in [1.82, 2.24) is 0 Å². The number of rotatable bonds is 4. The fourth-order valence-electron chi connectivity index (χ4n) is 1.17. The van der Waals surface area contributed by atoms with Gasteiger partial charge in [-0.3, -0.25) is 0 Å². The second-order valence-electron chi connectivity index (χ2n) is 2.90. The Morgan fingerprint density at radius 1 is 1.43 bits per heavy atom. The van der Waals surface area contributed by atoms with Gasteiger partial charge >= 0.3 is 0 Å². The minimum Gasteiger partial charge on any atom is -0.497 e. The first kappa shape index (κ1) is 13.0. The van der Waals surface area contributed by atoms with Gasteiger partial charge in [0.1, 0.15) is 5.75 Å². The van der Waals surface area contributed by atoms with Crippen molar-refractivity contribution >= 4 is 12.4 Å². The summed E-state index contributed by atoms with van der Waals surface area (Å²) < 4.78 is 5.05. The van der Waals surface area contributed by atoms with Crippen LogP contribution in [0.2, 0.25) is 0 Å². The summed E-state index contributed by atoms with van der Waals surface area (Å²) in [5.41, 5.74) is 7.00. The van der Waals surface area contributed by atoms with Gasteiger partial charge in [-0.25, -0.2) is 0 Å². The molecule has 0 amide bonds. The molecule has 1 aromatic rings. The first-order valence-corrected chi connectivity index (χ1v) is 4.28. The molecule has 0 aromatic heterocycles. The normalized spacial score (nSPS) is 11.3. The number of halogens is 1. The predicted octanol–water partition coefficient (Wildman–Crippen LogP) is 2.69. The molecule has 78 valence electrons. The molecule has 0 unspecified atom stereocenters. The summed E-state index contributed by atoms with van der Waals surface area (Å²) in [6, 6.07) is 7.83. The van der Waals surface area contributed by atoms with Crippen molar-refractivity contribution in [3.8, 4) is 5.75 Å². The minimum absolute atomic E-state index is 0. The van der Waals surface area contributed by atoms with Crippen LogP contribution in [0.4, 0.5) is 0 Å². The number of nitrogens with two attached hydrogens (primary N) is 1. The molecule has 1 aromatic carbocycles. The molecule has 3 heteroatoms. The monoisotopic (exact) mass is 213 g/mol. The first-order chi connectivity index (χ1) is 6.27. The largest absolute Gasteiger partial charge is 0.497 e. The zero-order valence-electron chi connectivity index (χ0n) is 8.27. The van der Waals surface area contributed by atoms with Crippen molar-refractivity contribution < 1.29 is 4.74 Å². The van der Waals surface area contributed by atoms with E-state index in [9.17, 15) is 0 Å². The van der Waals surface area contributed by atoms with Crippen LogP contribution in [-0.4, -0.2) is 7.11 Å². The molecular weight excluding hydrogens is 198 g/mol. The second-order valence-corrected chi connectivity index (χ2v) is 2.90. The highest BCUT2D eigenvalue weighted by atomic mass is 35.5. The molecule has 14 heavy (non-hydrogen) atoms. The van der Waals surface area contributed by atoms with E-state index in [0.29, 0.717) is 0 Å². The molecule has 2 N–H and O–H groups in total. The number of hydrogen-bond acceptors (Lipinski definition) is 2. The second kappa shape index (κ2) is 6.46. The van der Waals surface area contributed by atoms with Gasteiger partial charge in [0.2, 0.25) is 0 Å². The van der Waals surface area contributed by atoms with Crippen molar-refractivity contribution in [2.45, 2.75) is 12.5 Å². The van der Waals surface area contributed by atoms with Gasteiger partial charge < -0.3 is 10.5 Å². The molecule has 0 heterocycles. The van der Waals surface area contributed by atoms with E-state index in [1.807, 2.05) is 30.3 Å². The van der Waals surface area contributed by atoms with Gasteiger partial charge in [-0.15, -0.1) is 19.0 Å². The lowest BCUT2D eigenvalue weighted by molar-refractivity contribution is 0.414. The molecule has 0 saturated carbocycles. The molecule has 1 atom stereocenters. The summed E-state index contributed by atoms with van der Waals surface area (Å²) in [7, 11) is 1.65. The maximum Gasteiger partial charge on any atom is 0.118 e. The van der Waals surface area contributed by atoms with E-state index in [1.54, 1.807) is 7.11 Å². The van der Waals surface area contributed by atoms with Gasteiger partial charge in [-0.1, -0.05) is 18.2 Å². The highest BCUT2D eigenvalue weighted by molar-refractivity contribution is 5.85. The Morgan fingerprint density at radius 3 is 2.43 bits per heavy atom. The van der Waals surface area contributed by atoms with Crippen LogP contribution in [0, 0.1) is 0 Å². The number of hydrogen-bond donors (Lipinski definition) is 1. The Labute approximate surface area is 91.2 Å². The third kappa shape index (κ3) is 3.40. The van der Waals surface area contributed by atoms with Crippen LogP contribution in [-0.2, 0) is 0 Å². The summed E-state index contributed by atoms with van der Waals surface area (Å²) >= 11 is 0. The third-order valence-electron chi connectivity index (χ3n) is 1.96. The predicted molar refractivity (Wildman–Crippen MR) is 62.0 cm³/mol. The Hall–Kier alpha value is -0.990. The molecule has 0 fully saturated rings. The fourth-order valence-corrected chi connectivity index (χ4v) is 1.17. The zero-order chi connectivity index (χ0) is 9.68. The quantitative estimate of drug-likeness (QED) is 0.781. The van der Waals surface area contributed by atoms with Crippen LogP contribution >= 0.6 is 12.4 Å². The fraction of sp³-hybridized carbons (Fsp3) is 0.273. The van der Waals surface area contributed by atoms with Crippen molar-refractivity contribution in [3.05, 3.63) is 42.5 Å². The van der Waals surface area contributed by atoms with Gasteiger partial charge in [0.05, 0.1) is 7.11 Å². The molecule has 0 aliphatic heterocycles. The molecule has 0 bridgehead atoms. The standard InChI is InChI=1S/C11H15NO.ClH/c1-3-4-11(12)9-5-7-10(13-2)8-6-9;/h3,5-8,11H,1,4,12H2,2H3;1H/t11-;/m0./s1. The van der Waals surface area contributed by atoms with E-state index < -0.39 is 0 Å². The van der Waals surface area contributed by atoms with Gasteiger partial charge in [-0.05, 0) is 24.1 Å². The Morgan fingerprint density at radius 2 is 2.00 bits per heavy atom. The maximum atomic E-state index is 5.88. The topological polar surface area (TPSA) is 35.2 Å². The van der Waals surface area contributed by atoms with Gasteiger partial charge in [-0.2, -0.15) is 0 Å². The van der Waals surface area contributed by atoms with E-state index in [4.69, 9.17) is 10.5 Å². The molecular formula is C11H16ClNO. The van der Waals surface area contributed by atoms with Crippen LogP contribution in [0.1, 0.15) is 18.0 Å². The molecule has 0 saturated heterocycles. The van der Waals surface area contributed by atoms with Crippen LogP contribution in [0.5, 0.6) is 5.75 Å². The highest BCUT2D eigenvalue weighted by Crippen LogP contribution is 2.18. The summed E-state index contributed by atoms with van der Waals surface area (Å²) in [6.45, 7) is 3.66. The maximum absolute atomic E-state index is 5.88. The van der Waals surface area contributed by atoms with Crippen molar-refractivity contribution in [2.24, 2.45) is 5.73 Å². The minimum atomic E-state index is 0. The lowest BCUT2D eigenvalue weighted by Gasteiger charge is -2.09. The zero-order valence-corrected chi connectivity index (χ0v) is 9.09. The van der Waals surface area contributed by atoms with Crippen molar-refractivity contribution in [1.29, 1.82) is 0 Å². The van der Waals surface area contributed by atoms with Crippen molar-refractivity contribution in [3.63, 3.8) is 0 Å². The Bertz CT molecular complexity index is 271. The Balaban J connectivity index is 0.00000169. The Kier molecular flexibility index (Phi) is 6.00. The number of ether oxygens (including phenoxy) is 1. The highest BCUT2D eigenvalue weighted by Gasteiger charge is 2.02. The third-order valence-corrected chi connectivity index (χ3v) is 1.96. The van der Waals surface area contributed by atoms with Crippen molar-refractivity contribution in [2.75, 3.05) is 7.11 Å². The molecule has 1 rings (SSSR count). The summed E-state index contributed by atoms with van der Waals surface area (Å²) in [6.07, 6.45) is 2.63. The lowest BCUT2D eigenvalue weighted by Crippen LogP contribution is -2.08. The summed E-state index contributed by atoms with van der Waals surface area (Å²) in [4.78, 5) is 0. The van der Waals surface area contributed by atoms with Crippen LogP contribution in [0.15, 0.2) is 36.9 Å². The van der Waals surface area contributed by atoms with Crippen LogP contribution in [0.25, 0.3) is 0 Å². The molecule has 0 radical (unpaired) electrons. The summed E-state index contributed by atoms with van der Waals surface area (Å²) in [5.74, 6) is 0.856. The van der Waals surface area contributed by atoms with E-state index in [2.05, 4.69) is 6.58 Å². The first-order valence-electron chi connectivity index (χ1n) is 4.28. The van der Waals surface area contributed by atoms with Crippen LogP contribution in [0.3, 0.4) is 0 Å². The van der Waals surface area contributed by atoms with Gasteiger partial charge in [0.15, 0.2) is 0 Å². The summed E-state index contributed by atoms with van der Waals surface area (Å²) in [5, 5.41) is 0. The smallest absolute Gasteiger partial charge is 0.118 e. The SMILES string of the molecule is C=CC[C@H](N)c1ccc(OC)cc1.Cl. The van der Waals surface area contributed by atoms with Crippen LogP contribution < -0.4 is 10.5 Å². The number of benzene rings is 1.